The molecule has 304 valence electrons. The van der Waals surface area contributed by atoms with E-state index >= 15 is 0 Å². The molecule has 1 unspecified atom stereocenters. The Morgan fingerprint density at radius 1 is 1.11 bits per heavy atom. The van der Waals surface area contributed by atoms with Crippen LogP contribution in [0.4, 0.5) is 14.0 Å². The molecule has 2 aliphatic heterocycles. The minimum atomic E-state index is -3.97. The number of fused-ring (bicyclic) bond motifs is 1. The van der Waals surface area contributed by atoms with E-state index in [-0.39, 0.29) is 57.5 Å². The Morgan fingerprint density at radius 3 is 2.45 bits per heavy atom. The van der Waals surface area contributed by atoms with Crippen LogP contribution in [0.3, 0.4) is 0 Å². The highest BCUT2D eigenvalue weighted by Crippen LogP contribution is 2.45. The number of rotatable bonds is 14. The Bertz CT molecular complexity index is 1940. The van der Waals surface area contributed by atoms with Gasteiger partial charge in [-0.25, -0.2) is 22.4 Å². The Balaban J connectivity index is 1.22. The van der Waals surface area contributed by atoms with Crippen molar-refractivity contribution in [2.45, 2.75) is 133 Å². The van der Waals surface area contributed by atoms with Crippen molar-refractivity contribution < 1.29 is 51.0 Å². The highest BCUT2D eigenvalue weighted by Gasteiger charge is 2.62. The molecule has 5 atom stereocenters. The summed E-state index contributed by atoms with van der Waals surface area (Å²) in [6, 6.07) is 1.84. The summed E-state index contributed by atoms with van der Waals surface area (Å²) in [5, 5.41) is 4.54. The molecule has 3 saturated carbocycles. The van der Waals surface area contributed by atoms with Gasteiger partial charge in [-0.1, -0.05) is 29.9 Å². The van der Waals surface area contributed by atoms with Crippen LogP contribution in [0.15, 0.2) is 42.5 Å². The van der Waals surface area contributed by atoms with Crippen LogP contribution in [0.5, 0.6) is 0 Å². The lowest BCUT2D eigenvalue weighted by Crippen LogP contribution is -2.58. The summed E-state index contributed by atoms with van der Waals surface area (Å²) in [4.78, 5) is 83.9. The Morgan fingerprint density at radius 2 is 1.84 bits per heavy atom. The number of allylic oxidation sites excluding steroid dienone is 2. The topological polar surface area (TPSA) is 198 Å². The normalized spacial score (nSPS) is 24.6. The molecule has 17 heteroatoms. The predicted octanol–water partition coefficient (Wildman–Crippen LogP) is 3.66. The van der Waals surface area contributed by atoms with E-state index in [1.54, 1.807) is 32.9 Å². The number of sulfonamides is 1. The van der Waals surface area contributed by atoms with Gasteiger partial charge in [-0.05, 0) is 77.3 Å². The van der Waals surface area contributed by atoms with Crippen molar-refractivity contribution in [2.75, 3.05) is 6.54 Å². The van der Waals surface area contributed by atoms with Gasteiger partial charge >= 0.3 is 12.2 Å². The van der Waals surface area contributed by atoms with Crippen molar-refractivity contribution in [3.05, 3.63) is 59.4 Å². The summed E-state index contributed by atoms with van der Waals surface area (Å²) in [5.74, 6) is -3.75. The van der Waals surface area contributed by atoms with Crippen molar-refractivity contribution >= 4 is 45.7 Å². The van der Waals surface area contributed by atoms with Gasteiger partial charge in [-0.15, -0.1) is 6.58 Å². The summed E-state index contributed by atoms with van der Waals surface area (Å²) in [6.07, 6.45) is 4.10. The molecular formula is C39H50FN5O10S. The number of halogens is 1. The third-order valence-corrected chi connectivity index (χ3v) is 12.7. The average Bonchev–Trinajstić information content (AvgIpc) is 3.99. The summed E-state index contributed by atoms with van der Waals surface area (Å²) in [7, 11) is -3.97. The van der Waals surface area contributed by atoms with Crippen LogP contribution in [0.1, 0.15) is 96.1 Å². The number of hydrogen-bond acceptors (Lipinski definition) is 10. The largest absolute Gasteiger partial charge is 0.444 e. The number of benzene rings is 1. The van der Waals surface area contributed by atoms with Crippen molar-refractivity contribution in [2.24, 2.45) is 5.92 Å². The van der Waals surface area contributed by atoms with Gasteiger partial charge < -0.3 is 25.0 Å². The van der Waals surface area contributed by atoms with Crippen LogP contribution in [0.25, 0.3) is 0 Å². The van der Waals surface area contributed by atoms with Crippen LogP contribution in [0, 0.1) is 11.7 Å². The Hall–Kier alpha value is -4.80. The van der Waals surface area contributed by atoms with Gasteiger partial charge in [-0.2, -0.15) is 0 Å². The van der Waals surface area contributed by atoms with Gasteiger partial charge in [0.25, 0.3) is 5.91 Å². The number of ether oxygens (including phenoxy) is 2. The first-order chi connectivity index (χ1) is 26.4. The van der Waals surface area contributed by atoms with Crippen LogP contribution in [0.2, 0.25) is 0 Å². The first-order valence-electron chi connectivity index (χ1n) is 19.1. The second-order valence-corrected chi connectivity index (χ2v) is 18.3. The van der Waals surface area contributed by atoms with Gasteiger partial charge in [0, 0.05) is 37.3 Å². The molecule has 3 N–H and O–H groups in total. The highest BCUT2D eigenvalue weighted by atomic mass is 32.2. The molecule has 56 heavy (non-hydrogen) atoms. The lowest BCUT2D eigenvalue weighted by atomic mass is 9.91. The fourth-order valence-corrected chi connectivity index (χ4v) is 8.64. The molecule has 5 amide bonds. The number of amides is 5. The number of hydrogen-bond donors (Lipinski definition) is 3. The van der Waals surface area contributed by atoms with Crippen LogP contribution in [-0.2, 0) is 51.8 Å². The maximum absolute atomic E-state index is 14.5. The second-order valence-electron chi connectivity index (χ2n) is 16.4. The van der Waals surface area contributed by atoms with E-state index in [1.165, 1.54) is 22.6 Å². The summed E-state index contributed by atoms with van der Waals surface area (Å²) < 4.78 is 53.1. The van der Waals surface area contributed by atoms with E-state index in [2.05, 4.69) is 21.9 Å². The quantitative estimate of drug-likeness (QED) is 0.234. The number of carbonyl (C=O) groups is 6. The van der Waals surface area contributed by atoms with Gasteiger partial charge in [0.2, 0.25) is 21.8 Å². The van der Waals surface area contributed by atoms with E-state index in [9.17, 15) is 41.6 Å². The summed E-state index contributed by atoms with van der Waals surface area (Å²) in [5.41, 5.74) is -0.425. The molecule has 1 saturated heterocycles. The fraction of sp³-hybridized carbons (Fsp3) is 0.590. The first-order valence-corrected chi connectivity index (χ1v) is 20.7. The first kappa shape index (κ1) is 40.9. The number of nitrogens with zero attached hydrogens (tertiary/aromatic N) is 2. The van der Waals surface area contributed by atoms with E-state index in [0.29, 0.717) is 24.0 Å². The SMILES string of the molecule is C=C[C@@H]1C[C@]1(NC(=O)[C@@H]1CC(OC(=O)N2Cc3cccc(F)c3C2)CN1C(=O)[C@H](CCC(=O)CC=C1CCC1)NC(=O)OC(C)(C)C)C(=O)NS(=O)(=O)C1CC1. The van der Waals surface area contributed by atoms with E-state index in [0.717, 1.165) is 24.2 Å². The van der Waals surface area contributed by atoms with Crippen LogP contribution >= 0.6 is 0 Å². The molecule has 4 fully saturated rings. The molecule has 6 rings (SSSR count). The minimum Gasteiger partial charge on any atom is -0.444 e. The molecule has 5 aliphatic rings. The van der Waals surface area contributed by atoms with Gasteiger partial charge in [0.05, 0.1) is 18.3 Å². The maximum atomic E-state index is 14.5. The Kier molecular flexibility index (Phi) is 11.7. The number of alkyl carbamates (subject to hydrolysis) is 1. The van der Waals surface area contributed by atoms with Gasteiger partial charge in [-0.3, -0.25) is 28.8 Å². The fourth-order valence-electron chi connectivity index (χ4n) is 7.28. The number of Topliss-reactive ketones (excluding diaryl/α,β-unsaturated/α-hetero) is 1. The number of nitrogens with one attached hydrogen (secondary N) is 3. The molecule has 15 nitrogen and oxygen atoms in total. The average molecular weight is 800 g/mol. The molecule has 1 aromatic carbocycles. The number of carbonyl (C=O) groups excluding carboxylic acids is 6. The van der Waals surface area contributed by atoms with Crippen LogP contribution < -0.4 is 15.4 Å². The molecule has 0 radical (unpaired) electrons. The van der Waals surface area contributed by atoms with E-state index in [4.69, 9.17) is 9.47 Å². The third-order valence-electron chi connectivity index (χ3n) is 10.9. The predicted molar refractivity (Wildman–Crippen MR) is 199 cm³/mol. The van der Waals surface area contributed by atoms with Crippen molar-refractivity contribution in [1.82, 2.24) is 25.2 Å². The highest BCUT2D eigenvalue weighted by molar-refractivity contribution is 7.91. The molecule has 0 bridgehead atoms. The zero-order valence-electron chi connectivity index (χ0n) is 31.9. The summed E-state index contributed by atoms with van der Waals surface area (Å²) >= 11 is 0. The van der Waals surface area contributed by atoms with E-state index in [1.807, 2.05) is 6.08 Å². The lowest BCUT2D eigenvalue weighted by Gasteiger charge is -2.30. The zero-order chi connectivity index (χ0) is 40.6. The van der Waals surface area contributed by atoms with Gasteiger partial charge in [0.15, 0.2) is 0 Å². The lowest BCUT2D eigenvalue weighted by molar-refractivity contribution is -0.141. The van der Waals surface area contributed by atoms with Crippen molar-refractivity contribution in [3.63, 3.8) is 0 Å². The van der Waals surface area contributed by atoms with Gasteiger partial charge in [0.1, 0.15) is 40.9 Å². The maximum Gasteiger partial charge on any atom is 0.410 e. The number of ketones is 1. The second kappa shape index (κ2) is 16.0. The van der Waals surface area contributed by atoms with E-state index < -0.39 is 86.2 Å². The molecule has 1 aromatic rings. The zero-order valence-corrected chi connectivity index (χ0v) is 32.8. The minimum absolute atomic E-state index is 0.0446. The molecular weight excluding hydrogens is 750 g/mol. The van der Waals surface area contributed by atoms with Crippen LogP contribution in [-0.4, -0.2) is 95.0 Å². The standard InChI is InChI=1S/C39H50FN5O10S/c1-5-25-19-39(25,35(49)43-56(52,53)28-15-16-28)42-33(47)32-18-27(54-37(51)44-20-24-10-7-11-30(40)29(24)22-44)21-45(32)34(48)31(41-36(50)55-38(2,3)4)17-14-26(46)13-12-23-8-6-9-23/h5,7,10-12,25,27-28,31-32H,1,6,8-9,13-22H2,2-4H3,(H,41,50)(H,42,47)(H,43,49)/t25-,27?,31+,32+,39-/m1/s1. The molecule has 2 heterocycles. The number of likely N-dealkylation sites (tertiary alicyclic amines) is 1. The van der Waals surface area contributed by atoms with Crippen molar-refractivity contribution in [1.29, 1.82) is 0 Å². The smallest absolute Gasteiger partial charge is 0.410 e. The third kappa shape index (κ3) is 9.41. The molecule has 0 spiro atoms. The monoisotopic (exact) mass is 799 g/mol. The molecule has 3 aliphatic carbocycles. The molecule has 0 aromatic heterocycles. The summed E-state index contributed by atoms with van der Waals surface area (Å²) in [6.45, 7) is 8.39. The Labute approximate surface area is 325 Å². The van der Waals surface area contributed by atoms with Crippen molar-refractivity contribution in [3.8, 4) is 0 Å².